The summed E-state index contributed by atoms with van der Waals surface area (Å²) in [6.07, 6.45) is 0.899. The first-order valence-corrected chi connectivity index (χ1v) is 13.5. The third-order valence-electron chi connectivity index (χ3n) is 7.29. The molecule has 2 aromatic rings. The smallest absolute Gasteiger partial charge is 0.161 e. The van der Waals surface area contributed by atoms with E-state index in [0.717, 1.165) is 26.9 Å². The van der Waals surface area contributed by atoms with Crippen LogP contribution in [0, 0.1) is 10.8 Å². The predicted octanol–water partition coefficient (Wildman–Crippen LogP) is 6.16. The summed E-state index contributed by atoms with van der Waals surface area (Å²) in [5, 5.41) is 0. The summed E-state index contributed by atoms with van der Waals surface area (Å²) in [7, 11) is 0. The quantitative estimate of drug-likeness (QED) is 0.384. The number of benzene rings is 2. The van der Waals surface area contributed by atoms with Gasteiger partial charge in [0, 0.05) is 52.4 Å². The Kier molecular flexibility index (Phi) is 5.90. The van der Waals surface area contributed by atoms with Crippen LogP contribution >= 0.6 is 23.5 Å². The molecular weight excluding hydrogens is 448 g/mol. The molecule has 3 fully saturated rings. The Bertz CT molecular complexity index is 1110. The molecule has 1 saturated heterocycles. The van der Waals surface area contributed by atoms with Gasteiger partial charge in [-0.1, -0.05) is 74.5 Å². The Morgan fingerprint density at radius 3 is 1.82 bits per heavy atom. The molecule has 2 atom stereocenters. The molecule has 33 heavy (non-hydrogen) atoms. The molecule has 0 unspecified atom stereocenters. The van der Waals surface area contributed by atoms with Crippen molar-refractivity contribution in [2.45, 2.75) is 44.9 Å². The van der Waals surface area contributed by atoms with Crippen molar-refractivity contribution in [3.05, 3.63) is 81.6 Å². The Hall–Kier alpha value is -2.11. The molecule has 0 bridgehead atoms. The zero-order chi connectivity index (χ0) is 23.2. The summed E-state index contributed by atoms with van der Waals surface area (Å²) < 4.78 is 1.00. The Labute approximate surface area is 203 Å². The first kappa shape index (κ1) is 22.7. The molecule has 2 aromatic carbocycles. The minimum Gasteiger partial charge on any atom is -0.299 e. The van der Waals surface area contributed by atoms with Crippen molar-refractivity contribution < 1.29 is 14.4 Å². The van der Waals surface area contributed by atoms with Gasteiger partial charge in [0.15, 0.2) is 5.78 Å². The maximum absolute atomic E-state index is 14.3. The van der Waals surface area contributed by atoms with E-state index >= 15 is 0 Å². The van der Waals surface area contributed by atoms with Crippen molar-refractivity contribution in [2.24, 2.45) is 10.8 Å². The molecule has 170 valence electrons. The molecule has 0 radical (unpaired) electrons. The first-order chi connectivity index (χ1) is 15.8. The Morgan fingerprint density at radius 1 is 0.758 bits per heavy atom. The summed E-state index contributed by atoms with van der Waals surface area (Å²) in [4.78, 5) is 42.3. The molecule has 5 rings (SSSR count). The summed E-state index contributed by atoms with van der Waals surface area (Å²) in [6.45, 7) is 4.00. The molecule has 0 N–H and O–H groups in total. The summed E-state index contributed by atoms with van der Waals surface area (Å²) in [6, 6.07) is 19.5. The monoisotopic (exact) mass is 476 g/mol. The second kappa shape index (κ2) is 8.59. The molecule has 2 saturated carbocycles. The topological polar surface area (TPSA) is 51.2 Å². The van der Waals surface area contributed by atoms with Crippen LogP contribution < -0.4 is 0 Å². The first-order valence-electron chi connectivity index (χ1n) is 11.5. The van der Waals surface area contributed by atoms with E-state index in [-0.39, 0.29) is 29.2 Å². The van der Waals surface area contributed by atoms with Gasteiger partial charge in [0.2, 0.25) is 0 Å². The number of rotatable bonds is 2. The molecular formula is C28H28O3S2. The third kappa shape index (κ3) is 3.74. The molecule has 1 spiro atoms. The Morgan fingerprint density at radius 2 is 1.27 bits per heavy atom. The Balaban J connectivity index is 1.82. The summed E-state index contributed by atoms with van der Waals surface area (Å²) in [5.41, 5.74) is 0.876. The molecule has 1 heterocycles. The van der Waals surface area contributed by atoms with E-state index in [1.165, 1.54) is 0 Å². The second-order valence-electron chi connectivity index (χ2n) is 10.1. The fourth-order valence-corrected chi connectivity index (χ4v) is 8.62. The third-order valence-corrected chi connectivity index (χ3v) is 10.0. The molecule has 5 heteroatoms. The maximum Gasteiger partial charge on any atom is 0.161 e. The van der Waals surface area contributed by atoms with Crippen LogP contribution in [0.15, 0.2) is 70.5 Å². The predicted molar refractivity (Wildman–Crippen MR) is 135 cm³/mol. The lowest BCUT2D eigenvalue weighted by Gasteiger charge is -2.52. The lowest BCUT2D eigenvalue weighted by atomic mass is 9.47. The van der Waals surface area contributed by atoms with E-state index in [2.05, 4.69) is 0 Å². The minimum absolute atomic E-state index is 0.00921. The highest BCUT2D eigenvalue weighted by Crippen LogP contribution is 2.63. The van der Waals surface area contributed by atoms with Gasteiger partial charge in [0.25, 0.3) is 0 Å². The van der Waals surface area contributed by atoms with Crippen LogP contribution in [0.2, 0.25) is 0 Å². The van der Waals surface area contributed by atoms with Gasteiger partial charge in [0.05, 0.1) is 0 Å². The SMILES string of the molecule is CC1(C)CC(=O)C2(C(=O)C1)[C@@H](c1ccccc1)CC(=O)C(=C1SCCS1)[C@H]2c1ccccc1. The largest absolute Gasteiger partial charge is 0.299 e. The molecule has 0 amide bonds. The summed E-state index contributed by atoms with van der Waals surface area (Å²) in [5.74, 6) is 0.952. The number of carbonyl (C=O) groups is 3. The lowest BCUT2D eigenvalue weighted by molar-refractivity contribution is -0.153. The average Bonchev–Trinajstić information content (AvgIpc) is 3.32. The molecule has 0 aromatic heterocycles. The zero-order valence-corrected chi connectivity index (χ0v) is 20.6. The molecule has 1 aliphatic heterocycles. The number of Topliss-reactive ketones (excluding diaryl/α,β-unsaturated/α-hetero) is 3. The van der Waals surface area contributed by atoms with Gasteiger partial charge in [-0.2, -0.15) is 0 Å². The minimum atomic E-state index is -1.25. The van der Waals surface area contributed by atoms with E-state index in [1.807, 2.05) is 74.5 Å². The number of carbonyl (C=O) groups excluding carboxylic acids is 3. The van der Waals surface area contributed by atoms with Gasteiger partial charge in [-0.05, 0) is 16.5 Å². The normalized spacial score (nSPS) is 26.8. The van der Waals surface area contributed by atoms with Crippen molar-refractivity contribution in [3.63, 3.8) is 0 Å². The van der Waals surface area contributed by atoms with Crippen LogP contribution in [0.4, 0.5) is 0 Å². The van der Waals surface area contributed by atoms with E-state index in [1.54, 1.807) is 23.5 Å². The van der Waals surface area contributed by atoms with Gasteiger partial charge >= 0.3 is 0 Å². The summed E-state index contributed by atoms with van der Waals surface area (Å²) >= 11 is 3.39. The molecule has 3 aliphatic rings. The number of ketones is 3. The number of hydrogen-bond acceptors (Lipinski definition) is 5. The molecule has 3 nitrogen and oxygen atoms in total. The van der Waals surface area contributed by atoms with Crippen LogP contribution in [0.3, 0.4) is 0 Å². The maximum atomic E-state index is 14.3. The fraction of sp³-hybridized carbons (Fsp3) is 0.393. The van der Waals surface area contributed by atoms with Gasteiger partial charge in [-0.25, -0.2) is 0 Å². The van der Waals surface area contributed by atoms with E-state index < -0.39 is 17.3 Å². The molecule has 2 aliphatic carbocycles. The fourth-order valence-electron chi connectivity index (χ4n) is 5.98. The van der Waals surface area contributed by atoms with Crippen LogP contribution in [0.1, 0.15) is 56.1 Å². The lowest BCUT2D eigenvalue weighted by Crippen LogP contribution is -2.58. The van der Waals surface area contributed by atoms with Crippen LogP contribution in [-0.2, 0) is 14.4 Å². The van der Waals surface area contributed by atoms with Crippen molar-refractivity contribution >= 4 is 40.9 Å². The van der Waals surface area contributed by atoms with E-state index in [9.17, 15) is 14.4 Å². The second-order valence-corrected chi connectivity index (χ2v) is 12.5. The van der Waals surface area contributed by atoms with Crippen molar-refractivity contribution in [1.82, 2.24) is 0 Å². The van der Waals surface area contributed by atoms with Crippen LogP contribution in [0.25, 0.3) is 0 Å². The van der Waals surface area contributed by atoms with Crippen molar-refractivity contribution in [1.29, 1.82) is 0 Å². The van der Waals surface area contributed by atoms with E-state index in [0.29, 0.717) is 18.4 Å². The van der Waals surface area contributed by atoms with Crippen molar-refractivity contribution in [2.75, 3.05) is 11.5 Å². The van der Waals surface area contributed by atoms with Crippen molar-refractivity contribution in [3.8, 4) is 0 Å². The van der Waals surface area contributed by atoms with E-state index in [4.69, 9.17) is 0 Å². The highest BCUT2D eigenvalue weighted by molar-refractivity contribution is 8.25. The highest BCUT2D eigenvalue weighted by atomic mass is 32.2. The van der Waals surface area contributed by atoms with Gasteiger partial charge < -0.3 is 0 Å². The zero-order valence-electron chi connectivity index (χ0n) is 19.0. The number of allylic oxidation sites excluding steroid dienone is 1. The van der Waals surface area contributed by atoms with Gasteiger partial charge in [-0.15, -0.1) is 23.5 Å². The number of hydrogen-bond donors (Lipinski definition) is 0. The highest BCUT2D eigenvalue weighted by Gasteiger charge is 2.65. The van der Waals surface area contributed by atoms with Crippen LogP contribution in [-0.4, -0.2) is 28.9 Å². The van der Waals surface area contributed by atoms with Gasteiger partial charge in [0.1, 0.15) is 17.0 Å². The number of thioether (sulfide) groups is 2. The van der Waals surface area contributed by atoms with Gasteiger partial charge in [-0.3, -0.25) is 14.4 Å². The van der Waals surface area contributed by atoms with Crippen LogP contribution in [0.5, 0.6) is 0 Å². The standard InChI is InChI=1S/C28H28O3S2/c1-27(2)16-22(30)28(23(31)17-27)20(18-9-5-3-6-10-18)15-21(29)24(26-32-13-14-33-26)25(28)19-11-7-4-8-12-19/h3-12,20,25H,13-17H2,1-2H3/t20-,25-/m1/s1. The average molecular weight is 477 g/mol.